The number of hydrogen-bond acceptors (Lipinski definition) is 5. The van der Waals surface area contributed by atoms with Crippen LogP contribution in [-0.2, 0) is 4.79 Å². The van der Waals surface area contributed by atoms with Crippen LogP contribution in [-0.4, -0.2) is 47.2 Å². The average molecular weight is 366 g/mol. The van der Waals surface area contributed by atoms with Crippen molar-refractivity contribution in [3.05, 3.63) is 66.5 Å². The summed E-state index contributed by atoms with van der Waals surface area (Å²) in [5.74, 6) is 0.330. The number of para-hydroxylation sites is 1. The minimum absolute atomic E-state index is 0.000439. The number of hydrogen-bond donors (Lipinski definition) is 1. The topological polar surface area (TPSA) is 58.1 Å². The molecule has 2 aromatic carbocycles. The molecule has 0 aliphatic rings. The Morgan fingerprint density at radius 1 is 1.08 bits per heavy atom. The molecule has 0 saturated heterocycles. The van der Waals surface area contributed by atoms with Crippen LogP contribution in [0.2, 0.25) is 0 Å². The molecule has 0 spiro atoms. The highest BCUT2D eigenvalue weighted by atomic mass is 32.2. The minimum atomic E-state index is 0.000439. The maximum atomic E-state index is 12.3. The zero-order chi connectivity index (χ0) is 18.4. The van der Waals surface area contributed by atoms with Crippen LogP contribution in [0.25, 0.3) is 10.9 Å². The van der Waals surface area contributed by atoms with Crippen molar-refractivity contribution in [3.8, 4) is 0 Å². The number of amides is 1. The fraction of sp³-hybridized carbons (Fsp3) is 0.250. The molecule has 1 N–H and O–H groups in total. The summed E-state index contributed by atoms with van der Waals surface area (Å²) in [6, 6.07) is 18.2. The highest BCUT2D eigenvalue weighted by molar-refractivity contribution is 8.00. The molecule has 0 aliphatic heterocycles. The van der Waals surface area contributed by atoms with Gasteiger partial charge in [0.25, 0.3) is 0 Å². The van der Waals surface area contributed by atoms with Crippen molar-refractivity contribution >= 4 is 28.6 Å². The lowest BCUT2D eigenvalue weighted by atomic mass is 10.1. The quantitative estimate of drug-likeness (QED) is 0.514. The van der Waals surface area contributed by atoms with Crippen LogP contribution in [0.15, 0.2) is 66.0 Å². The third kappa shape index (κ3) is 4.59. The van der Waals surface area contributed by atoms with E-state index >= 15 is 0 Å². The predicted octanol–water partition coefficient (Wildman–Crippen LogP) is 3.14. The van der Waals surface area contributed by atoms with E-state index in [0.29, 0.717) is 12.3 Å². The Bertz CT molecular complexity index is 865. The number of aromatic nitrogens is 2. The lowest BCUT2D eigenvalue weighted by Crippen LogP contribution is -2.35. The van der Waals surface area contributed by atoms with E-state index < -0.39 is 0 Å². The van der Waals surface area contributed by atoms with E-state index in [1.165, 1.54) is 17.3 Å². The molecule has 3 aromatic rings. The maximum absolute atomic E-state index is 12.3. The third-order valence-electron chi connectivity index (χ3n) is 4.15. The fourth-order valence-electron chi connectivity index (χ4n) is 2.76. The van der Waals surface area contributed by atoms with Crippen molar-refractivity contribution in [2.45, 2.75) is 11.1 Å². The van der Waals surface area contributed by atoms with E-state index in [1.54, 1.807) is 6.33 Å². The van der Waals surface area contributed by atoms with Crippen LogP contribution in [0, 0.1) is 0 Å². The van der Waals surface area contributed by atoms with Gasteiger partial charge >= 0.3 is 0 Å². The second-order valence-corrected chi connectivity index (χ2v) is 7.14. The van der Waals surface area contributed by atoms with E-state index in [-0.39, 0.29) is 11.9 Å². The Hall–Kier alpha value is -2.44. The van der Waals surface area contributed by atoms with Crippen LogP contribution in [0.5, 0.6) is 0 Å². The second kappa shape index (κ2) is 8.78. The van der Waals surface area contributed by atoms with Gasteiger partial charge < -0.3 is 10.2 Å². The summed E-state index contributed by atoms with van der Waals surface area (Å²) in [4.78, 5) is 23.0. The molecule has 134 valence electrons. The molecule has 5 nitrogen and oxygen atoms in total. The Balaban J connectivity index is 1.58. The normalized spacial score (nSPS) is 12.3. The van der Waals surface area contributed by atoms with Crippen LogP contribution in [0.1, 0.15) is 11.6 Å². The van der Waals surface area contributed by atoms with E-state index in [2.05, 4.69) is 32.3 Å². The second-order valence-electron chi connectivity index (χ2n) is 6.18. The van der Waals surface area contributed by atoms with Gasteiger partial charge in [-0.05, 0) is 25.7 Å². The van der Waals surface area contributed by atoms with E-state index in [4.69, 9.17) is 0 Å². The van der Waals surface area contributed by atoms with Crippen molar-refractivity contribution in [2.75, 3.05) is 26.4 Å². The predicted molar refractivity (Wildman–Crippen MR) is 106 cm³/mol. The Kier molecular flexibility index (Phi) is 6.20. The number of benzene rings is 2. The van der Waals surface area contributed by atoms with Gasteiger partial charge in [-0.2, -0.15) is 0 Å². The number of carbonyl (C=O) groups excluding carboxylic acids is 1. The van der Waals surface area contributed by atoms with E-state index in [0.717, 1.165) is 15.9 Å². The monoisotopic (exact) mass is 366 g/mol. The van der Waals surface area contributed by atoms with Crippen molar-refractivity contribution < 1.29 is 4.79 Å². The van der Waals surface area contributed by atoms with Gasteiger partial charge in [0.15, 0.2) is 0 Å². The van der Waals surface area contributed by atoms with Gasteiger partial charge in [-0.3, -0.25) is 4.79 Å². The highest BCUT2D eigenvalue weighted by Crippen LogP contribution is 2.24. The number of nitrogens with one attached hydrogen (secondary N) is 1. The summed E-state index contributed by atoms with van der Waals surface area (Å²) in [6.45, 7) is 0.570. The van der Waals surface area contributed by atoms with Gasteiger partial charge in [0.1, 0.15) is 11.4 Å². The summed E-state index contributed by atoms with van der Waals surface area (Å²) in [5.41, 5.74) is 2.08. The van der Waals surface area contributed by atoms with E-state index in [9.17, 15) is 4.79 Å². The molecule has 0 unspecified atom stereocenters. The van der Waals surface area contributed by atoms with Gasteiger partial charge in [-0.15, -0.1) is 0 Å². The molecule has 1 heterocycles. The van der Waals surface area contributed by atoms with Crippen LogP contribution in [0.3, 0.4) is 0 Å². The number of nitrogens with zero attached hydrogens (tertiary/aromatic N) is 3. The Morgan fingerprint density at radius 2 is 1.81 bits per heavy atom. The molecule has 26 heavy (non-hydrogen) atoms. The molecule has 0 radical (unpaired) electrons. The van der Waals surface area contributed by atoms with Crippen molar-refractivity contribution in [1.82, 2.24) is 20.2 Å². The van der Waals surface area contributed by atoms with Gasteiger partial charge in [-0.25, -0.2) is 9.97 Å². The van der Waals surface area contributed by atoms with Gasteiger partial charge in [0.05, 0.1) is 17.3 Å². The molecule has 1 atom stereocenters. The first-order valence-corrected chi connectivity index (χ1v) is 9.44. The molecule has 0 aliphatic carbocycles. The highest BCUT2D eigenvalue weighted by Gasteiger charge is 2.15. The summed E-state index contributed by atoms with van der Waals surface area (Å²) in [5, 5.41) is 4.84. The number of thioether (sulfide) groups is 1. The smallest absolute Gasteiger partial charge is 0.230 e. The maximum Gasteiger partial charge on any atom is 0.230 e. The first-order valence-electron chi connectivity index (χ1n) is 8.46. The Morgan fingerprint density at radius 3 is 2.58 bits per heavy atom. The first-order chi connectivity index (χ1) is 12.6. The average Bonchev–Trinajstić information content (AvgIpc) is 2.67. The van der Waals surface area contributed by atoms with Crippen molar-refractivity contribution in [3.63, 3.8) is 0 Å². The number of rotatable bonds is 7. The fourth-order valence-corrected chi connectivity index (χ4v) is 3.58. The summed E-state index contributed by atoms with van der Waals surface area (Å²) < 4.78 is 0. The zero-order valence-electron chi connectivity index (χ0n) is 14.9. The van der Waals surface area contributed by atoms with Crippen LogP contribution >= 0.6 is 11.8 Å². The molecule has 1 aromatic heterocycles. The molecule has 0 bridgehead atoms. The number of carbonyl (C=O) groups is 1. The molecule has 0 saturated carbocycles. The summed E-state index contributed by atoms with van der Waals surface area (Å²) in [7, 11) is 4.04. The molecular formula is C20H22N4OS. The minimum Gasteiger partial charge on any atom is -0.353 e. The third-order valence-corrected chi connectivity index (χ3v) is 5.15. The zero-order valence-corrected chi connectivity index (χ0v) is 15.7. The van der Waals surface area contributed by atoms with Crippen LogP contribution in [0.4, 0.5) is 0 Å². The SMILES string of the molecule is CN(C)[C@H](CNC(=O)CSc1ncnc2ccccc12)c1ccccc1. The summed E-state index contributed by atoms with van der Waals surface area (Å²) >= 11 is 1.44. The van der Waals surface area contributed by atoms with Crippen molar-refractivity contribution in [1.29, 1.82) is 0 Å². The lowest BCUT2D eigenvalue weighted by Gasteiger charge is -2.25. The van der Waals surface area contributed by atoms with Gasteiger partial charge in [-0.1, -0.05) is 60.3 Å². The van der Waals surface area contributed by atoms with Gasteiger partial charge in [0.2, 0.25) is 5.91 Å². The molecular weight excluding hydrogens is 344 g/mol. The molecule has 0 fully saturated rings. The largest absolute Gasteiger partial charge is 0.353 e. The van der Waals surface area contributed by atoms with Crippen LogP contribution < -0.4 is 5.32 Å². The van der Waals surface area contributed by atoms with Gasteiger partial charge in [0, 0.05) is 11.9 Å². The molecule has 1 amide bonds. The number of fused-ring (bicyclic) bond motifs is 1. The molecule has 3 rings (SSSR count). The molecule has 6 heteroatoms. The summed E-state index contributed by atoms with van der Waals surface area (Å²) in [6.07, 6.45) is 1.54. The standard InChI is InChI=1S/C20H22N4OS/c1-24(2)18(15-8-4-3-5-9-15)12-21-19(25)13-26-20-16-10-6-7-11-17(16)22-14-23-20/h3-11,14,18H,12-13H2,1-2H3,(H,21,25)/t18-/m1/s1. The number of likely N-dealkylation sites (N-methyl/N-ethyl adjacent to an activating group) is 1. The lowest BCUT2D eigenvalue weighted by molar-refractivity contribution is -0.118. The Labute approximate surface area is 157 Å². The first kappa shape index (κ1) is 18.4. The van der Waals surface area contributed by atoms with E-state index in [1.807, 2.05) is 56.6 Å². The van der Waals surface area contributed by atoms with Crippen molar-refractivity contribution in [2.24, 2.45) is 0 Å².